The first kappa shape index (κ1) is 19.0. The molecule has 0 aliphatic heterocycles. The van der Waals surface area contributed by atoms with E-state index in [0.717, 1.165) is 32.1 Å². The highest BCUT2D eigenvalue weighted by atomic mass is 35.5. The zero-order valence-electron chi connectivity index (χ0n) is 14.4. The van der Waals surface area contributed by atoms with Crippen LogP contribution < -0.4 is 11.1 Å². The van der Waals surface area contributed by atoms with Crippen molar-refractivity contribution in [2.45, 2.75) is 76.3 Å². The minimum absolute atomic E-state index is 0. The fraction of sp³-hybridized carbons (Fsp3) is 0.944. The quantitative estimate of drug-likeness (QED) is 0.805. The predicted molar refractivity (Wildman–Crippen MR) is 94.6 cm³/mol. The first-order valence-corrected chi connectivity index (χ1v) is 9.20. The lowest BCUT2D eigenvalue weighted by molar-refractivity contribution is -0.134. The lowest BCUT2D eigenvalue weighted by Crippen LogP contribution is -2.56. The number of hydrogen-bond donors (Lipinski definition) is 2. The molecule has 3 aliphatic rings. The molecular weight excluding hydrogens is 312 g/mol. The Labute approximate surface area is 146 Å². The molecule has 0 spiro atoms. The summed E-state index contributed by atoms with van der Waals surface area (Å²) >= 11 is 0. The smallest absolute Gasteiger partial charge is 0.226 e. The summed E-state index contributed by atoms with van der Waals surface area (Å²) in [6.45, 7) is 0.690. The molecule has 134 valence electrons. The van der Waals surface area contributed by atoms with Crippen molar-refractivity contribution in [3.63, 3.8) is 0 Å². The zero-order chi connectivity index (χ0) is 15.6. The third-order valence-electron chi connectivity index (χ3n) is 6.50. The molecule has 0 aromatic carbocycles. The van der Waals surface area contributed by atoms with Gasteiger partial charge in [-0.25, -0.2) is 0 Å². The summed E-state index contributed by atoms with van der Waals surface area (Å²) in [6.07, 6.45) is 11.3. The summed E-state index contributed by atoms with van der Waals surface area (Å²) in [5.41, 5.74) is 6.04. The standard InChI is InChI=1S/C18H32N2O2.ClH/c1-22-10-9-18(7-2-3-8-18)17(21)20-16-13-5-4-6-14(16)12-15(19)11-13;/h13-16H,2-12,19H2,1H3,(H,20,21);1H. The van der Waals surface area contributed by atoms with E-state index in [-0.39, 0.29) is 17.8 Å². The Morgan fingerprint density at radius 3 is 2.35 bits per heavy atom. The monoisotopic (exact) mass is 344 g/mol. The molecule has 0 heterocycles. The van der Waals surface area contributed by atoms with Crippen molar-refractivity contribution in [3.05, 3.63) is 0 Å². The number of carbonyl (C=O) groups is 1. The van der Waals surface area contributed by atoms with Crippen LogP contribution in [0.5, 0.6) is 0 Å². The molecule has 0 saturated heterocycles. The number of methoxy groups -OCH3 is 1. The van der Waals surface area contributed by atoms with Crippen LogP contribution in [0, 0.1) is 17.3 Å². The van der Waals surface area contributed by atoms with E-state index in [1.165, 1.54) is 32.1 Å². The summed E-state index contributed by atoms with van der Waals surface area (Å²) in [4.78, 5) is 13.1. The van der Waals surface area contributed by atoms with Crippen LogP contribution in [0.3, 0.4) is 0 Å². The second-order valence-corrected chi connectivity index (χ2v) is 7.91. The van der Waals surface area contributed by atoms with E-state index in [2.05, 4.69) is 5.32 Å². The first-order valence-electron chi connectivity index (χ1n) is 9.20. The molecule has 3 rings (SSSR count). The van der Waals surface area contributed by atoms with Gasteiger partial charge in [-0.2, -0.15) is 0 Å². The second kappa shape index (κ2) is 8.17. The Bertz CT molecular complexity index is 384. The number of hydrogen-bond acceptors (Lipinski definition) is 3. The number of amides is 1. The van der Waals surface area contributed by atoms with E-state index in [9.17, 15) is 4.79 Å². The Kier molecular flexibility index (Phi) is 6.76. The number of halogens is 1. The van der Waals surface area contributed by atoms with Crippen LogP contribution in [0.1, 0.15) is 64.2 Å². The van der Waals surface area contributed by atoms with Gasteiger partial charge in [0.1, 0.15) is 0 Å². The predicted octanol–water partition coefficient (Wildman–Crippen LogP) is 3.03. The molecule has 1 amide bonds. The molecule has 5 heteroatoms. The van der Waals surface area contributed by atoms with E-state index in [4.69, 9.17) is 10.5 Å². The number of ether oxygens (including phenoxy) is 1. The molecule has 23 heavy (non-hydrogen) atoms. The van der Waals surface area contributed by atoms with Crippen molar-refractivity contribution >= 4 is 18.3 Å². The van der Waals surface area contributed by atoms with Gasteiger partial charge in [0.2, 0.25) is 5.91 Å². The molecule has 0 radical (unpaired) electrons. The van der Waals surface area contributed by atoms with Gasteiger partial charge in [0.05, 0.1) is 5.41 Å². The van der Waals surface area contributed by atoms with Crippen molar-refractivity contribution in [2.24, 2.45) is 23.0 Å². The number of fused-ring (bicyclic) bond motifs is 2. The molecule has 3 fully saturated rings. The van der Waals surface area contributed by atoms with E-state index in [1.807, 2.05) is 0 Å². The van der Waals surface area contributed by atoms with Crippen LogP contribution in [0.2, 0.25) is 0 Å². The van der Waals surface area contributed by atoms with Gasteiger partial charge in [-0.1, -0.05) is 19.3 Å². The summed E-state index contributed by atoms with van der Waals surface area (Å²) in [7, 11) is 1.73. The molecule has 4 nitrogen and oxygen atoms in total. The van der Waals surface area contributed by atoms with Crippen LogP contribution >= 0.6 is 12.4 Å². The molecule has 3 N–H and O–H groups in total. The summed E-state index contributed by atoms with van der Waals surface area (Å²) in [6, 6.07) is 0.721. The lowest BCUT2D eigenvalue weighted by atomic mass is 9.66. The second-order valence-electron chi connectivity index (χ2n) is 7.91. The molecule has 2 bridgehead atoms. The number of rotatable bonds is 5. The van der Waals surface area contributed by atoms with Crippen molar-refractivity contribution in [3.8, 4) is 0 Å². The highest BCUT2D eigenvalue weighted by molar-refractivity contribution is 5.85. The third kappa shape index (κ3) is 4.02. The fourth-order valence-electron chi connectivity index (χ4n) is 5.27. The Hall–Kier alpha value is -0.320. The maximum atomic E-state index is 13.1. The Balaban J connectivity index is 0.00000192. The third-order valence-corrected chi connectivity index (χ3v) is 6.50. The number of nitrogens with one attached hydrogen (secondary N) is 1. The molecule has 2 unspecified atom stereocenters. The van der Waals surface area contributed by atoms with Gasteiger partial charge >= 0.3 is 0 Å². The SMILES string of the molecule is COCCC1(C(=O)NC2C3CCCC2CC(N)C3)CCCC1.Cl. The fourth-order valence-corrected chi connectivity index (χ4v) is 5.27. The normalized spacial score (nSPS) is 35.4. The Morgan fingerprint density at radius 2 is 1.78 bits per heavy atom. The van der Waals surface area contributed by atoms with Crippen molar-refractivity contribution in [1.82, 2.24) is 5.32 Å². The van der Waals surface area contributed by atoms with Crippen molar-refractivity contribution in [1.29, 1.82) is 0 Å². The molecule has 0 aromatic rings. The minimum atomic E-state index is -0.163. The molecule has 0 aromatic heterocycles. The Morgan fingerprint density at radius 1 is 1.17 bits per heavy atom. The van der Waals surface area contributed by atoms with Crippen LogP contribution in [0.15, 0.2) is 0 Å². The van der Waals surface area contributed by atoms with Gasteiger partial charge < -0.3 is 15.8 Å². The van der Waals surface area contributed by atoms with Crippen LogP contribution in [0.25, 0.3) is 0 Å². The zero-order valence-corrected chi connectivity index (χ0v) is 15.2. The maximum Gasteiger partial charge on any atom is 0.226 e. The van der Waals surface area contributed by atoms with E-state index in [1.54, 1.807) is 7.11 Å². The van der Waals surface area contributed by atoms with Crippen LogP contribution in [0.4, 0.5) is 0 Å². The van der Waals surface area contributed by atoms with Crippen LogP contribution in [-0.4, -0.2) is 31.7 Å². The van der Waals surface area contributed by atoms with Gasteiger partial charge in [-0.3, -0.25) is 4.79 Å². The lowest BCUT2D eigenvalue weighted by Gasteiger charge is -2.46. The van der Waals surface area contributed by atoms with Gasteiger partial charge in [0.25, 0.3) is 0 Å². The highest BCUT2D eigenvalue weighted by Crippen LogP contribution is 2.44. The highest BCUT2D eigenvalue weighted by Gasteiger charge is 2.45. The number of carbonyl (C=O) groups excluding carboxylic acids is 1. The van der Waals surface area contributed by atoms with E-state index in [0.29, 0.717) is 36.4 Å². The van der Waals surface area contributed by atoms with Crippen LogP contribution in [-0.2, 0) is 9.53 Å². The summed E-state index contributed by atoms with van der Waals surface area (Å²) < 4.78 is 5.26. The molecular formula is C18H33ClN2O2. The summed E-state index contributed by atoms with van der Waals surface area (Å²) in [5.74, 6) is 1.51. The van der Waals surface area contributed by atoms with E-state index >= 15 is 0 Å². The molecule has 3 saturated carbocycles. The van der Waals surface area contributed by atoms with Gasteiger partial charge in [0.15, 0.2) is 0 Å². The van der Waals surface area contributed by atoms with Crippen molar-refractivity contribution in [2.75, 3.05) is 13.7 Å². The largest absolute Gasteiger partial charge is 0.385 e. The minimum Gasteiger partial charge on any atom is -0.385 e. The number of nitrogens with two attached hydrogens (primary N) is 1. The molecule has 3 aliphatic carbocycles. The van der Waals surface area contributed by atoms with Gasteiger partial charge in [-0.05, 0) is 56.8 Å². The first-order chi connectivity index (χ1) is 10.6. The average Bonchev–Trinajstić information content (AvgIpc) is 2.96. The summed E-state index contributed by atoms with van der Waals surface area (Å²) in [5, 5.41) is 3.48. The topological polar surface area (TPSA) is 64.3 Å². The van der Waals surface area contributed by atoms with Gasteiger partial charge in [-0.15, -0.1) is 12.4 Å². The average molecular weight is 345 g/mol. The maximum absolute atomic E-state index is 13.1. The molecule has 2 atom stereocenters. The van der Waals surface area contributed by atoms with E-state index < -0.39 is 0 Å². The van der Waals surface area contributed by atoms with Crippen molar-refractivity contribution < 1.29 is 9.53 Å². The van der Waals surface area contributed by atoms with Gasteiger partial charge in [0, 0.05) is 25.8 Å².